The van der Waals surface area contributed by atoms with Gasteiger partial charge in [-0.25, -0.2) is 13.4 Å². The third-order valence-corrected chi connectivity index (χ3v) is 7.40. The Balaban J connectivity index is 1.58. The fourth-order valence-corrected chi connectivity index (χ4v) is 5.36. The lowest BCUT2D eigenvalue weighted by Gasteiger charge is -2.30. The molecule has 0 unspecified atom stereocenters. The third kappa shape index (κ3) is 4.27. The van der Waals surface area contributed by atoms with E-state index in [9.17, 15) is 13.2 Å². The SMILES string of the molecule is CCn1c(CNC(=O)C2CCN(S(=O)(=O)c3cccnc3Cl)CC2)n[nH]c1=S. The number of pyridine rings is 1. The number of aromatic nitrogens is 4. The molecule has 2 aromatic rings. The van der Waals surface area contributed by atoms with Crippen LogP contribution in [0.1, 0.15) is 25.6 Å². The maximum atomic E-state index is 12.7. The van der Waals surface area contributed by atoms with Crippen molar-refractivity contribution in [1.29, 1.82) is 0 Å². The van der Waals surface area contributed by atoms with Crippen LogP contribution in [0.5, 0.6) is 0 Å². The fraction of sp³-hybridized carbons (Fsp3) is 0.500. The molecule has 9 nitrogen and oxygen atoms in total. The Morgan fingerprint density at radius 2 is 2.14 bits per heavy atom. The van der Waals surface area contributed by atoms with Crippen LogP contribution in [0.2, 0.25) is 5.15 Å². The quantitative estimate of drug-likeness (QED) is 0.518. The zero-order chi connectivity index (χ0) is 20.3. The van der Waals surface area contributed by atoms with Gasteiger partial charge in [0.2, 0.25) is 15.9 Å². The number of aromatic amines is 1. The second kappa shape index (κ2) is 8.68. The van der Waals surface area contributed by atoms with E-state index in [1.807, 2.05) is 11.5 Å². The van der Waals surface area contributed by atoms with Crippen LogP contribution in [0, 0.1) is 10.7 Å². The van der Waals surface area contributed by atoms with E-state index < -0.39 is 10.0 Å². The number of amides is 1. The normalized spacial score (nSPS) is 16.2. The molecule has 1 saturated heterocycles. The summed E-state index contributed by atoms with van der Waals surface area (Å²) in [6.07, 6.45) is 2.31. The first-order valence-electron chi connectivity index (χ1n) is 8.87. The first-order chi connectivity index (χ1) is 13.3. The van der Waals surface area contributed by atoms with E-state index in [0.29, 0.717) is 30.0 Å². The minimum Gasteiger partial charge on any atom is -0.349 e. The number of hydrogen-bond acceptors (Lipinski definition) is 6. The highest BCUT2D eigenvalue weighted by Crippen LogP contribution is 2.27. The van der Waals surface area contributed by atoms with E-state index in [4.69, 9.17) is 23.8 Å². The molecule has 3 heterocycles. The molecule has 2 aromatic heterocycles. The number of carbonyl (C=O) groups excluding carboxylic acids is 1. The number of carbonyl (C=O) groups is 1. The summed E-state index contributed by atoms with van der Waals surface area (Å²) in [5, 5.41) is 9.64. The van der Waals surface area contributed by atoms with Crippen LogP contribution < -0.4 is 5.32 Å². The Bertz CT molecular complexity index is 1010. The molecule has 0 spiro atoms. The van der Waals surface area contributed by atoms with Gasteiger partial charge in [-0.2, -0.15) is 9.40 Å². The Kier molecular flexibility index (Phi) is 6.48. The molecule has 3 rings (SSSR count). The van der Waals surface area contributed by atoms with Crippen LogP contribution in [0.3, 0.4) is 0 Å². The van der Waals surface area contributed by atoms with Crippen molar-refractivity contribution in [3.63, 3.8) is 0 Å². The van der Waals surface area contributed by atoms with E-state index in [1.54, 1.807) is 0 Å². The maximum absolute atomic E-state index is 12.7. The van der Waals surface area contributed by atoms with Crippen molar-refractivity contribution < 1.29 is 13.2 Å². The van der Waals surface area contributed by atoms with Crippen molar-refractivity contribution >= 4 is 39.7 Å². The van der Waals surface area contributed by atoms with Gasteiger partial charge in [-0.3, -0.25) is 9.89 Å². The molecule has 28 heavy (non-hydrogen) atoms. The van der Waals surface area contributed by atoms with Crippen LogP contribution in [-0.2, 0) is 27.9 Å². The third-order valence-electron chi connectivity index (χ3n) is 4.74. The minimum absolute atomic E-state index is 0.0121. The summed E-state index contributed by atoms with van der Waals surface area (Å²) in [5.41, 5.74) is 0. The zero-order valence-corrected chi connectivity index (χ0v) is 17.6. The zero-order valence-electron chi connectivity index (χ0n) is 15.3. The van der Waals surface area contributed by atoms with Crippen LogP contribution >= 0.6 is 23.8 Å². The maximum Gasteiger partial charge on any atom is 0.246 e. The highest BCUT2D eigenvalue weighted by atomic mass is 35.5. The van der Waals surface area contributed by atoms with Gasteiger partial charge in [0.1, 0.15) is 10.0 Å². The first kappa shape index (κ1) is 20.9. The summed E-state index contributed by atoms with van der Waals surface area (Å²) in [6.45, 7) is 3.37. The van der Waals surface area contributed by atoms with Gasteiger partial charge in [0.25, 0.3) is 0 Å². The minimum atomic E-state index is -3.73. The Labute approximate surface area is 173 Å². The standard InChI is InChI=1S/C16H21ClN6O3S2/c1-2-23-13(20-21-16(23)27)10-19-15(24)11-5-8-22(9-6-11)28(25,26)12-4-3-7-18-14(12)17/h3-4,7,11H,2,5-6,8-10H2,1H3,(H,19,24)(H,21,27). The molecule has 0 saturated carbocycles. The Morgan fingerprint density at radius 1 is 1.43 bits per heavy atom. The van der Waals surface area contributed by atoms with Crippen LogP contribution in [0.25, 0.3) is 0 Å². The molecular weight excluding hydrogens is 424 g/mol. The lowest BCUT2D eigenvalue weighted by atomic mass is 9.97. The molecule has 0 radical (unpaired) electrons. The molecular formula is C16H21ClN6O3S2. The highest BCUT2D eigenvalue weighted by Gasteiger charge is 2.33. The number of nitrogens with one attached hydrogen (secondary N) is 2. The second-order valence-electron chi connectivity index (χ2n) is 6.38. The predicted molar refractivity (Wildman–Crippen MR) is 106 cm³/mol. The summed E-state index contributed by atoms with van der Waals surface area (Å²) in [5.74, 6) is 0.285. The molecule has 0 aromatic carbocycles. The molecule has 1 fully saturated rings. The van der Waals surface area contributed by atoms with Gasteiger partial charge in [0.15, 0.2) is 10.6 Å². The van der Waals surface area contributed by atoms with Crippen molar-refractivity contribution in [2.45, 2.75) is 37.8 Å². The van der Waals surface area contributed by atoms with Gasteiger partial charge < -0.3 is 9.88 Å². The molecule has 1 aliphatic heterocycles. The molecule has 12 heteroatoms. The predicted octanol–water partition coefficient (Wildman–Crippen LogP) is 1.73. The van der Waals surface area contributed by atoms with Crippen molar-refractivity contribution in [2.24, 2.45) is 5.92 Å². The van der Waals surface area contributed by atoms with E-state index in [1.165, 1.54) is 22.6 Å². The van der Waals surface area contributed by atoms with Gasteiger partial charge in [-0.15, -0.1) is 0 Å². The van der Waals surface area contributed by atoms with Gasteiger partial charge >= 0.3 is 0 Å². The smallest absolute Gasteiger partial charge is 0.246 e. The monoisotopic (exact) mass is 444 g/mol. The summed E-state index contributed by atoms with van der Waals surface area (Å²) >= 11 is 11.1. The van der Waals surface area contributed by atoms with E-state index >= 15 is 0 Å². The van der Waals surface area contributed by atoms with Gasteiger partial charge in [-0.05, 0) is 44.1 Å². The molecule has 0 bridgehead atoms. The average molecular weight is 445 g/mol. The van der Waals surface area contributed by atoms with E-state index in [-0.39, 0.29) is 41.5 Å². The molecule has 2 N–H and O–H groups in total. The largest absolute Gasteiger partial charge is 0.349 e. The van der Waals surface area contributed by atoms with Crippen LogP contribution in [0.4, 0.5) is 0 Å². The van der Waals surface area contributed by atoms with Gasteiger partial charge in [-0.1, -0.05) is 11.6 Å². The first-order valence-corrected chi connectivity index (χ1v) is 11.1. The molecule has 0 aliphatic carbocycles. The van der Waals surface area contributed by atoms with Gasteiger partial charge in [0, 0.05) is 31.7 Å². The fourth-order valence-electron chi connectivity index (χ4n) is 3.18. The van der Waals surface area contributed by atoms with Crippen molar-refractivity contribution in [3.05, 3.63) is 34.1 Å². The number of nitrogens with zero attached hydrogens (tertiary/aromatic N) is 4. The number of halogens is 1. The van der Waals surface area contributed by atoms with Crippen molar-refractivity contribution in [1.82, 2.24) is 29.4 Å². The summed E-state index contributed by atoms with van der Waals surface area (Å²) in [7, 11) is -3.73. The van der Waals surface area contributed by atoms with Crippen molar-refractivity contribution in [2.75, 3.05) is 13.1 Å². The summed E-state index contributed by atoms with van der Waals surface area (Å²) in [4.78, 5) is 16.3. The molecule has 152 valence electrons. The molecule has 1 aliphatic rings. The van der Waals surface area contributed by atoms with Gasteiger partial charge in [0.05, 0.1) is 6.54 Å². The summed E-state index contributed by atoms with van der Waals surface area (Å²) < 4.78 is 29.2. The highest BCUT2D eigenvalue weighted by molar-refractivity contribution is 7.89. The molecule has 1 amide bonds. The van der Waals surface area contributed by atoms with Crippen LogP contribution in [0.15, 0.2) is 23.2 Å². The number of sulfonamides is 1. The topological polar surface area (TPSA) is 113 Å². The van der Waals surface area contributed by atoms with Crippen LogP contribution in [-0.4, -0.2) is 51.5 Å². The summed E-state index contributed by atoms with van der Waals surface area (Å²) in [6, 6.07) is 2.97. The lowest BCUT2D eigenvalue weighted by molar-refractivity contribution is -0.126. The van der Waals surface area contributed by atoms with Crippen molar-refractivity contribution in [3.8, 4) is 0 Å². The number of H-pyrrole nitrogens is 1. The number of rotatable bonds is 6. The molecule has 0 atom stereocenters. The second-order valence-corrected chi connectivity index (χ2v) is 9.03. The Morgan fingerprint density at radius 3 is 2.79 bits per heavy atom. The number of hydrogen-bond donors (Lipinski definition) is 2. The van der Waals surface area contributed by atoms with E-state index in [0.717, 1.165) is 0 Å². The Hall–Kier alpha value is -1.82. The average Bonchev–Trinajstić information content (AvgIpc) is 3.06. The number of piperidine rings is 1. The lowest BCUT2D eigenvalue weighted by Crippen LogP contribution is -2.43. The van der Waals surface area contributed by atoms with E-state index in [2.05, 4.69) is 20.5 Å².